The van der Waals surface area contributed by atoms with Crippen LogP contribution in [0.1, 0.15) is 11.5 Å². The van der Waals surface area contributed by atoms with Crippen molar-refractivity contribution in [2.45, 2.75) is 18.7 Å². The molecule has 130 valence electrons. The van der Waals surface area contributed by atoms with E-state index in [1.165, 1.54) is 6.07 Å². The Balaban J connectivity index is 1.56. The molecule has 0 bridgehead atoms. The molecule has 1 aromatic carbocycles. The van der Waals surface area contributed by atoms with Crippen LogP contribution < -0.4 is 0 Å². The summed E-state index contributed by atoms with van der Waals surface area (Å²) in [6.45, 7) is 2.24. The molecule has 0 aliphatic rings. The summed E-state index contributed by atoms with van der Waals surface area (Å²) < 4.78 is 24.6. The maximum absolute atomic E-state index is 13.7. The largest absolute Gasteiger partial charge is 0.464 e. The molecule has 0 atom stereocenters. The lowest BCUT2D eigenvalue weighted by molar-refractivity contribution is -0.127. The van der Waals surface area contributed by atoms with Crippen LogP contribution in [0.5, 0.6) is 0 Å². The number of aryl methyl sites for hydroxylation is 1. The summed E-state index contributed by atoms with van der Waals surface area (Å²) in [7, 11) is 1.69. The number of rotatable bonds is 6. The average Bonchev–Trinajstić information content (AvgIpc) is 3.22. The van der Waals surface area contributed by atoms with Crippen molar-refractivity contribution < 1.29 is 18.0 Å². The van der Waals surface area contributed by atoms with Crippen LogP contribution in [0.4, 0.5) is 4.39 Å². The highest BCUT2D eigenvalue weighted by Gasteiger charge is 2.16. The highest BCUT2D eigenvalue weighted by atomic mass is 32.2. The van der Waals surface area contributed by atoms with E-state index in [1.807, 2.05) is 19.1 Å². The zero-order valence-corrected chi connectivity index (χ0v) is 14.5. The Bertz CT molecular complexity index is 877. The van der Waals surface area contributed by atoms with Crippen LogP contribution in [0.3, 0.4) is 0 Å². The lowest BCUT2D eigenvalue weighted by Gasteiger charge is -2.14. The second-order valence-electron chi connectivity index (χ2n) is 5.40. The van der Waals surface area contributed by atoms with E-state index in [1.54, 1.807) is 30.1 Å². The van der Waals surface area contributed by atoms with Crippen molar-refractivity contribution in [3.63, 3.8) is 0 Å². The van der Waals surface area contributed by atoms with Crippen LogP contribution >= 0.6 is 11.8 Å². The standard InChI is InChI=1S/C17H16FN3O3S/c1-11-7-8-12(23-11)9-21(2)15(22)10-25-17-20-19-16(24-17)13-5-3-4-6-14(13)18/h3-8H,9-10H2,1-2H3. The molecule has 0 spiro atoms. The van der Waals surface area contributed by atoms with Crippen molar-refractivity contribution in [1.82, 2.24) is 15.1 Å². The van der Waals surface area contributed by atoms with Crippen LogP contribution in [0, 0.1) is 12.7 Å². The molecule has 6 nitrogen and oxygen atoms in total. The number of benzene rings is 1. The number of aromatic nitrogens is 2. The summed E-state index contributed by atoms with van der Waals surface area (Å²) in [5.74, 6) is 1.20. The fraction of sp³-hybridized carbons (Fsp3) is 0.235. The third-order valence-electron chi connectivity index (χ3n) is 3.44. The van der Waals surface area contributed by atoms with E-state index >= 15 is 0 Å². The Morgan fingerprint density at radius 3 is 2.72 bits per heavy atom. The second-order valence-corrected chi connectivity index (χ2v) is 6.33. The number of halogens is 1. The first-order chi connectivity index (χ1) is 12.0. The van der Waals surface area contributed by atoms with E-state index in [4.69, 9.17) is 8.83 Å². The van der Waals surface area contributed by atoms with E-state index in [0.717, 1.165) is 23.3 Å². The number of nitrogens with zero attached hydrogens (tertiary/aromatic N) is 3. The molecule has 8 heteroatoms. The predicted molar refractivity (Wildman–Crippen MR) is 90.3 cm³/mol. The zero-order valence-electron chi connectivity index (χ0n) is 13.7. The minimum absolute atomic E-state index is 0.0902. The number of hydrogen-bond donors (Lipinski definition) is 0. The lowest BCUT2D eigenvalue weighted by atomic mass is 10.2. The maximum Gasteiger partial charge on any atom is 0.277 e. The molecule has 3 rings (SSSR count). The summed E-state index contributed by atoms with van der Waals surface area (Å²) in [4.78, 5) is 13.7. The van der Waals surface area contributed by atoms with Gasteiger partial charge >= 0.3 is 0 Å². The smallest absolute Gasteiger partial charge is 0.277 e. The van der Waals surface area contributed by atoms with E-state index in [9.17, 15) is 9.18 Å². The van der Waals surface area contributed by atoms with Crippen molar-refractivity contribution in [3.8, 4) is 11.5 Å². The van der Waals surface area contributed by atoms with Crippen LogP contribution in [-0.4, -0.2) is 33.8 Å². The fourth-order valence-electron chi connectivity index (χ4n) is 2.14. The number of carbonyl (C=O) groups excluding carboxylic acids is 1. The Morgan fingerprint density at radius 2 is 2.00 bits per heavy atom. The molecule has 0 fully saturated rings. The summed E-state index contributed by atoms with van der Waals surface area (Å²) in [5, 5.41) is 7.88. The van der Waals surface area contributed by atoms with Crippen LogP contribution in [0.15, 0.2) is 50.5 Å². The molecule has 1 amide bonds. The first-order valence-electron chi connectivity index (χ1n) is 7.53. The normalized spacial score (nSPS) is 10.8. The number of amides is 1. The molecule has 0 radical (unpaired) electrons. The molecule has 0 N–H and O–H groups in total. The summed E-state index contributed by atoms with van der Waals surface area (Å²) >= 11 is 1.11. The minimum atomic E-state index is -0.438. The number of furan rings is 1. The monoisotopic (exact) mass is 361 g/mol. The second kappa shape index (κ2) is 7.52. The van der Waals surface area contributed by atoms with Gasteiger partial charge in [0.1, 0.15) is 17.3 Å². The summed E-state index contributed by atoms with van der Waals surface area (Å²) in [5.41, 5.74) is 0.235. The first-order valence-corrected chi connectivity index (χ1v) is 8.52. The highest BCUT2D eigenvalue weighted by Crippen LogP contribution is 2.25. The molecule has 0 aliphatic heterocycles. The third-order valence-corrected chi connectivity index (χ3v) is 4.25. The zero-order chi connectivity index (χ0) is 17.8. The molecule has 0 saturated carbocycles. The lowest BCUT2D eigenvalue weighted by Crippen LogP contribution is -2.27. The molecule has 25 heavy (non-hydrogen) atoms. The van der Waals surface area contributed by atoms with Crippen molar-refractivity contribution >= 4 is 17.7 Å². The fourth-order valence-corrected chi connectivity index (χ4v) is 2.84. The Kier molecular flexibility index (Phi) is 5.18. The van der Waals surface area contributed by atoms with Crippen molar-refractivity contribution in [2.24, 2.45) is 0 Å². The molecule has 2 heterocycles. The Labute approximate surface area is 148 Å². The van der Waals surface area contributed by atoms with Gasteiger partial charge in [0.05, 0.1) is 17.9 Å². The number of hydrogen-bond acceptors (Lipinski definition) is 6. The molecule has 0 aliphatic carbocycles. The minimum Gasteiger partial charge on any atom is -0.464 e. The van der Waals surface area contributed by atoms with Crippen LogP contribution in [0.2, 0.25) is 0 Å². The van der Waals surface area contributed by atoms with Gasteiger partial charge in [-0.2, -0.15) is 0 Å². The van der Waals surface area contributed by atoms with Gasteiger partial charge in [-0.3, -0.25) is 4.79 Å². The molecule has 0 saturated heterocycles. The van der Waals surface area contributed by atoms with Gasteiger partial charge in [0, 0.05) is 7.05 Å². The van der Waals surface area contributed by atoms with E-state index in [-0.39, 0.29) is 28.3 Å². The van der Waals surface area contributed by atoms with Gasteiger partial charge in [0.15, 0.2) is 0 Å². The van der Waals surface area contributed by atoms with E-state index < -0.39 is 5.82 Å². The topological polar surface area (TPSA) is 72.4 Å². The number of thioether (sulfide) groups is 1. The van der Waals surface area contributed by atoms with Gasteiger partial charge < -0.3 is 13.7 Å². The van der Waals surface area contributed by atoms with Crippen molar-refractivity contribution in [1.29, 1.82) is 0 Å². The predicted octanol–water partition coefficient (Wildman–Crippen LogP) is 3.53. The third kappa shape index (κ3) is 4.27. The van der Waals surface area contributed by atoms with Gasteiger partial charge in [0.2, 0.25) is 5.91 Å². The molecule has 2 aromatic heterocycles. The Hall–Kier alpha value is -2.61. The van der Waals surface area contributed by atoms with Gasteiger partial charge in [-0.1, -0.05) is 23.9 Å². The number of carbonyl (C=O) groups is 1. The van der Waals surface area contributed by atoms with E-state index in [0.29, 0.717) is 6.54 Å². The summed E-state index contributed by atoms with van der Waals surface area (Å²) in [6.07, 6.45) is 0. The van der Waals surface area contributed by atoms with Gasteiger partial charge in [-0.15, -0.1) is 10.2 Å². The van der Waals surface area contributed by atoms with Gasteiger partial charge in [-0.25, -0.2) is 4.39 Å². The molecule has 3 aromatic rings. The first kappa shape index (κ1) is 17.2. The summed E-state index contributed by atoms with van der Waals surface area (Å²) in [6, 6.07) is 9.84. The highest BCUT2D eigenvalue weighted by molar-refractivity contribution is 7.99. The maximum atomic E-state index is 13.7. The van der Waals surface area contributed by atoms with Crippen LogP contribution in [-0.2, 0) is 11.3 Å². The van der Waals surface area contributed by atoms with E-state index in [2.05, 4.69) is 10.2 Å². The quantitative estimate of drug-likeness (QED) is 0.626. The van der Waals surface area contributed by atoms with Crippen LogP contribution in [0.25, 0.3) is 11.5 Å². The molecular formula is C17H16FN3O3S. The van der Waals surface area contributed by atoms with Crippen molar-refractivity contribution in [2.75, 3.05) is 12.8 Å². The molecule has 0 unspecified atom stereocenters. The molecular weight excluding hydrogens is 345 g/mol. The SMILES string of the molecule is Cc1ccc(CN(C)C(=O)CSc2nnc(-c3ccccc3F)o2)o1. The average molecular weight is 361 g/mol. The van der Waals surface area contributed by atoms with Crippen molar-refractivity contribution in [3.05, 3.63) is 53.7 Å². The van der Waals surface area contributed by atoms with Gasteiger partial charge in [0.25, 0.3) is 11.1 Å². The Morgan fingerprint density at radius 1 is 1.20 bits per heavy atom. The van der Waals surface area contributed by atoms with Gasteiger partial charge in [-0.05, 0) is 31.2 Å².